The Hall–Kier alpha value is -2.82. The molecule has 12 heteroatoms. The highest BCUT2D eigenvalue weighted by Gasteiger charge is 2.28. The number of phosphoric acid groups is 1. The first-order valence-electron chi connectivity index (χ1n) is 34.2. The molecule has 0 aliphatic carbocycles. The van der Waals surface area contributed by atoms with Gasteiger partial charge in [0.05, 0.1) is 19.8 Å². The average Bonchev–Trinajstić information content (AvgIpc) is 3.50. The van der Waals surface area contributed by atoms with E-state index in [2.05, 4.69) is 81.5 Å². The molecule has 0 aromatic carbocycles. The lowest BCUT2D eigenvalue weighted by Crippen LogP contribution is -2.30. The number of esters is 3. The predicted molar refractivity (Wildman–Crippen MR) is 344 cm³/mol. The minimum Gasteiger partial charge on any atom is -0.462 e. The zero-order chi connectivity index (χ0) is 59.8. The molecule has 0 fully saturated rings. The van der Waals surface area contributed by atoms with Gasteiger partial charge < -0.3 is 24.2 Å². The molecule has 0 aromatic rings. The van der Waals surface area contributed by atoms with Crippen LogP contribution in [-0.2, 0) is 42.2 Å². The Balaban J connectivity index is 4.69. The van der Waals surface area contributed by atoms with Crippen molar-refractivity contribution < 1.29 is 52.2 Å². The highest BCUT2D eigenvalue weighted by atomic mass is 31.2. The monoisotopic (exact) mass is 1170 g/mol. The third-order valence-corrected chi connectivity index (χ3v) is 15.9. The summed E-state index contributed by atoms with van der Waals surface area (Å²) in [6.07, 6.45) is 73.0. The van der Waals surface area contributed by atoms with Crippen molar-refractivity contribution in [3.63, 3.8) is 0 Å². The number of allylic oxidation sites excluding steroid dienone is 10. The molecule has 0 bridgehead atoms. The molecule has 0 aliphatic rings. The normalized spacial score (nSPS) is 13.6. The third-order valence-electron chi connectivity index (χ3n) is 14.9. The standard InChI is InChI=1S/C70H127O11P/c1-4-7-10-13-16-19-22-25-28-31-33-36-38-41-44-47-50-53-56-59-68(72)77-63-67(81-70(74)61-58-55-52-49-46-43-40-37-34-32-29-26-23-20-17-14-11-8-5-2)65-79-82(75,76)78-64-66(62-71)80-69(73)60-57-54-51-48-45-42-39-35-30-27-24-21-18-15-12-9-6-3/h16-17,19-20,25-26,28-29,34,37,66-67,71H,4-15,18,21-24,27,30-33,35-36,38-65H2,1-3H3,(H,75,76)/b19-16-,20-17-,28-25-,29-26-,37-34-. The van der Waals surface area contributed by atoms with E-state index in [1.165, 1.54) is 167 Å². The van der Waals surface area contributed by atoms with Crippen molar-refractivity contribution in [1.29, 1.82) is 0 Å². The minimum absolute atomic E-state index is 0.153. The smallest absolute Gasteiger partial charge is 0.462 e. The molecular formula is C70H127O11P. The molecule has 478 valence electrons. The van der Waals surface area contributed by atoms with Crippen LogP contribution in [-0.4, -0.2) is 66.5 Å². The lowest BCUT2D eigenvalue weighted by Gasteiger charge is -2.21. The lowest BCUT2D eigenvalue weighted by atomic mass is 10.0. The topological polar surface area (TPSA) is 155 Å². The molecule has 0 spiro atoms. The van der Waals surface area contributed by atoms with E-state index in [1.54, 1.807) is 0 Å². The van der Waals surface area contributed by atoms with Crippen molar-refractivity contribution in [3.8, 4) is 0 Å². The van der Waals surface area contributed by atoms with Gasteiger partial charge in [0.1, 0.15) is 12.7 Å². The Morgan fingerprint density at radius 2 is 0.598 bits per heavy atom. The van der Waals surface area contributed by atoms with Gasteiger partial charge in [-0.3, -0.25) is 23.4 Å². The van der Waals surface area contributed by atoms with Crippen LogP contribution in [0.2, 0.25) is 0 Å². The zero-order valence-electron chi connectivity index (χ0n) is 53.2. The Bertz CT molecular complexity index is 1610. The Morgan fingerprint density at radius 1 is 0.341 bits per heavy atom. The fraction of sp³-hybridized carbons (Fsp3) is 0.814. The van der Waals surface area contributed by atoms with E-state index in [0.717, 1.165) is 103 Å². The van der Waals surface area contributed by atoms with Crippen molar-refractivity contribution in [2.75, 3.05) is 26.4 Å². The number of ether oxygens (including phenoxy) is 3. The highest BCUT2D eigenvalue weighted by molar-refractivity contribution is 7.47. The SMILES string of the molecule is CCCCC/C=C\C/C=C\C/C=C\CCCCCCCCC(=O)OC(COC(=O)CCCCCCCCCCC/C=C\C/C=C\CCCCC)COP(=O)(O)OCC(CO)OC(=O)CCCCCCCCCCCCCCCCCCC. The molecule has 11 nitrogen and oxygen atoms in total. The number of hydrogen-bond acceptors (Lipinski definition) is 10. The zero-order valence-corrected chi connectivity index (χ0v) is 54.1. The molecule has 0 aliphatic heterocycles. The summed E-state index contributed by atoms with van der Waals surface area (Å²) < 4.78 is 39.8. The Kier molecular flexibility index (Phi) is 62.0. The van der Waals surface area contributed by atoms with Gasteiger partial charge in [0.25, 0.3) is 0 Å². The molecule has 2 N–H and O–H groups in total. The summed E-state index contributed by atoms with van der Waals surface area (Å²) >= 11 is 0. The second-order valence-electron chi connectivity index (χ2n) is 23.0. The molecule has 0 rings (SSSR count). The first kappa shape index (κ1) is 79.2. The van der Waals surface area contributed by atoms with E-state index in [1.807, 2.05) is 0 Å². The quantitative estimate of drug-likeness (QED) is 0.0197. The number of phosphoric ester groups is 1. The molecule has 3 atom stereocenters. The summed E-state index contributed by atoms with van der Waals surface area (Å²) in [5.41, 5.74) is 0. The number of carbonyl (C=O) groups is 3. The van der Waals surface area contributed by atoms with Gasteiger partial charge in [-0.1, -0.05) is 281 Å². The maximum Gasteiger partial charge on any atom is 0.472 e. The van der Waals surface area contributed by atoms with Crippen molar-refractivity contribution in [3.05, 3.63) is 60.8 Å². The highest BCUT2D eigenvalue weighted by Crippen LogP contribution is 2.43. The average molecular weight is 1180 g/mol. The summed E-state index contributed by atoms with van der Waals surface area (Å²) in [5, 5.41) is 9.87. The summed E-state index contributed by atoms with van der Waals surface area (Å²) in [5.74, 6) is -1.46. The summed E-state index contributed by atoms with van der Waals surface area (Å²) in [4.78, 5) is 48.9. The van der Waals surface area contributed by atoms with E-state index in [0.29, 0.717) is 19.3 Å². The maximum atomic E-state index is 13.0. The molecule has 0 amide bonds. The number of aliphatic hydroxyl groups excluding tert-OH is 1. The second kappa shape index (κ2) is 64.2. The molecular weight excluding hydrogens is 1050 g/mol. The van der Waals surface area contributed by atoms with Crippen LogP contribution >= 0.6 is 7.82 Å². The molecule has 3 unspecified atom stereocenters. The van der Waals surface area contributed by atoms with E-state index in [9.17, 15) is 28.9 Å². The molecule has 0 aromatic heterocycles. The number of unbranched alkanes of at least 4 members (excludes halogenated alkanes) is 37. The van der Waals surface area contributed by atoms with Crippen LogP contribution in [0.3, 0.4) is 0 Å². The van der Waals surface area contributed by atoms with Crippen LogP contribution < -0.4 is 0 Å². The van der Waals surface area contributed by atoms with Gasteiger partial charge in [0.2, 0.25) is 0 Å². The van der Waals surface area contributed by atoms with Gasteiger partial charge in [-0.05, 0) is 89.9 Å². The van der Waals surface area contributed by atoms with Crippen LogP contribution in [0.4, 0.5) is 0 Å². The predicted octanol–water partition coefficient (Wildman–Crippen LogP) is 21.0. The number of carbonyl (C=O) groups excluding carboxylic acids is 3. The number of hydrogen-bond donors (Lipinski definition) is 2. The number of rotatable bonds is 64. The summed E-state index contributed by atoms with van der Waals surface area (Å²) in [6, 6.07) is 0. The summed E-state index contributed by atoms with van der Waals surface area (Å²) in [7, 11) is -4.76. The van der Waals surface area contributed by atoms with E-state index in [4.69, 9.17) is 23.3 Å². The van der Waals surface area contributed by atoms with Crippen LogP contribution in [0.15, 0.2) is 60.8 Å². The maximum absolute atomic E-state index is 13.0. The second-order valence-corrected chi connectivity index (χ2v) is 24.4. The number of aliphatic hydroxyl groups is 1. The van der Waals surface area contributed by atoms with E-state index in [-0.39, 0.29) is 25.9 Å². The fourth-order valence-corrected chi connectivity index (χ4v) is 10.5. The molecule has 0 saturated carbocycles. The van der Waals surface area contributed by atoms with Crippen LogP contribution in [0.25, 0.3) is 0 Å². The molecule has 0 radical (unpaired) electrons. The Labute approximate surface area is 504 Å². The van der Waals surface area contributed by atoms with Crippen molar-refractivity contribution >= 4 is 25.7 Å². The van der Waals surface area contributed by atoms with Gasteiger partial charge >= 0.3 is 25.7 Å². The van der Waals surface area contributed by atoms with Gasteiger partial charge in [-0.2, -0.15) is 0 Å². The molecule has 0 heterocycles. The van der Waals surface area contributed by atoms with Crippen LogP contribution in [0.1, 0.15) is 329 Å². The van der Waals surface area contributed by atoms with E-state index >= 15 is 0 Å². The lowest BCUT2D eigenvalue weighted by molar-refractivity contribution is -0.161. The molecule has 0 saturated heterocycles. The van der Waals surface area contributed by atoms with Gasteiger partial charge in [0, 0.05) is 19.3 Å². The van der Waals surface area contributed by atoms with Gasteiger partial charge in [-0.15, -0.1) is 0 Å². The first-order valence-corrected chi connectivity index (χ1v) is 35.7. The largest absolute Gasteiger partial charge is 0.472 e. The van der Waals surface area contributed by atoms with Crippen molar-refractivity contribution in [2.45, 2.75) is 341 Å². The molecule has 82 heavy (non-hydrogen) atoms. The van der Waals surface area contributed by atoms with Crippen molar-refractivity contribution in [1.82, 2.24) is 0 Å². The Morgan fingerprint density at radius 3 is 0.939 bits per heavy atom. The van der Waals surface area contributed by atoms with Gasteiger partial charge in [-0.25, -0.2) is 4.57 Å². The van der Waals surface area contributed by atoms with E-state index < -0.39 is 57.8 Å². The first-order chi connectivity index (χ1) is 40.2. The summed E-state index contributed by atoms with van der Waals surface area (Å²) in [6.45, 7) is 4.65. The van der Waals surface area contributed by atoms with Gasteiger partial charge in [0.15, 0.2) is 6.10 Å². The van der Waals surface area contributed by atoms with Crippen LogP contribution in [0, 0.1) is 0 Å². The fourth-order valence-electron chi connectivity index (χ4n) is 9.69. The minimum atomic E-state index is -4.76. The van der Waals surface area contributed by atoms with Crippen LogP contribution in [0.5, 0.6) is 0 Å². The van der Waals surface area contributed by atoms with Crippen molar-refractivity contribution in [2.24, 2.45) is 0 Å². The third kappa shape index (κ3) is 61.7.